The number of nitrogens with zero attached hydrogens (tertiary/aromatic N) is 1. The summed E-state index contributed by atoms with van der Waals surface area (Å²) >= 11 is 3.45. The average molecular weight is 418 g/mol. The molecular weight excluding hydrogens is 394 g/mol. The predicted octanol–water partition coefficient (Wildman–Crippen LogP) is 3.83. The van der Waals surface area contributed by atoms with Gasteiger partial charge in [0.15, 0.2) is 0 Å². The molecule has 2 N–H and O–H groups in total. The van der Waals surface area contributed by atoms with Crippen LogP contribution in [-0.4, -0.2) is 36.9 Å². The number of carbonyl (C=O) groups is 2. The summed E-state index contributed by atoms with van der Waals surface area (Å²) in [5, 5.41) is 5.75. The molecule has 2 aromatic rings. The van der Waals surface area contributed by atoms with Gasteiger partial charge in [-0.3, -0.25) is 14.5 Å². The Kier molecular flexibility index (Phi) is 7.36. The van der Waals surface area contributed by atoms with Crippen LogP contribution in [0.4, 0.5) is 11.4 Å². The molecule has 0 radical (unpaired) electrons. The quantitative estimate of drug-likeness (QED) is 0.719. The second kappa shape index (κ2) is 9.50. The fraction of sp³-hybridized carbons (Fsp3) is 0.300. The molecule has 0 unspecified atom stereocenters. The molecule has 0 atom stereocenters. The van der Waals surface area contributed by atoms with Crippen LogP contribution in [0, 0.1) is 6.92 Å². The van der Waals surface area contributed by atoms with Crippen LogP contribution >= 0.6 is 15.9 Å². The van der Waals surface area contributed by atoms with E-state index < -0.39 is 0 Å². The van der Waals surface area contributed by atoms with E-state index in [-0.39, 0.29) is 24.9 Å². The van der Waals surface area contributed by atoms with Gasteiger partial charge in [-0.25, -0.2) is 0 Å². The van der Waals surface area contributed by atoms with Gasteiger partial charge in [-0.2, -0.15) is 0 Å². The normalized spacial score (nSPS) is 10.7. The van der Waals surface area contributed by atoms with Crippen molar-refractivity contribution in [1.29, 1.82) is 0 Å². The Labute approximate surface area is 162 Å². The van der Waals surface area contributed by atoms with Gasteiger partial charge >= 0.3 is 0 Å². The molecule has 0 saturated heterocycles. The molecule has 0 bridgehead atoms. The zero-order valence-corrected chi connectivity index (χ0v) is 16.9. The van der Waals surface area contributed by atoms with Crippen LogP contribution < -0.4 is 10.6 Å². The minimum atomic E-state index is -0.162. The number of aryl methyl sites for hydroxylation is 2. The minimum Gasteiger partial charge on any atom is -0.325 e. The third-order valence-corrected chi connectivity index (χ3v) is 4.81. The summed E-state index contributed by atoms with van der Waals surface area (Å²) in [6, 6.07) is 13.4. The Balaban J connectivity index is 1.85. The number of halogens is 1. The van der Waals surface area contributed by atoms with Gasteiger partial charge in [0.1, 0.15) is 0 Å². The van der Waals surface area contributed by atoms with Crippen molar-refractivity contribution in [1.82, 2.24) is 4.90 Å². The number of benzene rings is 2. The third kappa shape index (κ3) is 5.97. The number of nitrogens with one attached hydrogen (secondary N) is 2. The molecule has 0 heterocycles. The van der Waals surface area contributed by atoms with E-state index in [4.69, 9.17) is 0 Å². The van der Waals surface area contributed by atoms with Crippen LogP contribution in [0.3, 0.4) is 0 Å². The second-order valence-corrected chi connectivity index (χ2v) is 7.10. The molecule has 0 aromatic heterocycles. The van der Waals surface area contributed by atoms with Gasteiger partial charge in [-0.1, -0.05) is 47.1 Å². The zero-order chi connectivity index (χ0) is 19.1. The molecule has 2 rings (SSSR count). The molecule has 2 amide bonds. The Morgan fingerprint density at radius 2 is 1.69 bits per heavy atom. The molecule has 0 spiro atoms. The molecular formula is C20H24BrN3O2. The van der Waals surface area contributed by atoms with E-state index in [1.807, 2.05) is 56.3 Å². The fourth-order valence-corrected chi connectivity index (χ4v) is 2.94. The van der Waals surface area contributed by atoms with Crippen molar-refractivity contribution in [2.24, 2.45) is 0 Å². The first-order valence-corrected chi connectivity index (χ1v) is 9.30. The molecule has 2 aromatic carbocycles. The summed E-state index contributed by atoms with van der Waals surface area (Å²) in [5.41, 5.74) is 3.74. The number of rotatable bonds is 7. The predicted molar refractivity (Wildman–Crippen MR) is 109 cm³/mol. The highest BCUT2D eigenvalue weighted by atomic mass is 79.9. The van der Waals surface area contributed by atoms with E-state index in [1.165, 1.54) is 0 Å². The number of amides is 2. The number of likely N-dealkylation sites (N-methyl/N-ethyl adjacent to an activating group) is 1. The van der Waals surface area contributed by atoms with Crippen LogP contribution in [0.25, 0.3) is 0 Å². The monoisotopic (exact) mass is 417 g/mol. The number of hydrogen-bond acceptors (Lipinski definition) is 3. The van der Waals surface area contributed by atoms with E-state index in [0.717, 1.165) is 33.4 Å². The molecule has 0 saturated carbocycles. The maximum atomic E-state index is 12.2. The lowest BCUT2D eigenvalue weighted by atomic mass is 10.1. The Morgan fingerprint density at radius 1 is 1.04 bits per heavy atom. The largest absolute Gasteiger partial charge is 0.325 e. The van der Waals surface area contributed by atoms with Crippen molar-refractivity contribution in [2.75, 3.05) is 30.8 Å². The van der Waals surface area contributed by atoms with Crippen LogP contribution in [0.5, 0.6) is 0 Å². The van der Waals surface area contributed by atoms with Gasteiger partial charge in [0.2, 0.25) is 11.8 Å². The van der Waals surface area contributed by atoms with E-state index in [1.54, 1.807) is 11.9 Å². The van der Waals surface area contributed by atoms with Gasteiger partial charge in [0, 0.05) is 15.8 Å². The zero-order valence-electron chi connectivity index (χ0n) is 15.3. The fourth-order valence-electron chi connectivity index (χ4n) is 2.56. The topological polar surface area (TPSA) is 61.4 Å². The summed E-state index contributed by atoms with van der Waals surface area (Å²) in [6.07, 6.45) is 0.848. The summed E-state index contributed by atoms with van der Waals surface area (Å²) in [6.45, 7) is 4.31. The molecule has 0 aliphatic rings. The van der Waals surface area contributed by atoms with Gasteiger partial charge in [-0.05, 0) is 49.7 Å². The Hall–Kier alpha value is -2.18. The van der Waals surface area contributed by atoms with E-state index >= 15 is 0 Å². The van der Waals surface area contributed by atoms with Crippen LogP contribution in [0.2, 0.25) is 0 Å². The lowest BCUT2D eigenvalue weighted by molar-refractivity contribution is -0.119. The van der Waals surface area contributed by atoms with Gasteiger partial charge in [0.05, 0.1) is 13.1 Å². The van der Waals surface area contributed by atoms with Crippen LogP contribution in [0.1, 0.15) is 18.1 Å². The van der Waals surface area contributed by atoms with Crippen LogP contribution in [-0.2, 0) is 16.0 Å². The smallest absolute Gasteiger partial charge is 0.238 e. The molecule has 6 heteroatoms. The lowest BCUT2D eigenvalue weighted by Crippen LogP contribution is -2.36. The van der Waals surface area contributed by atoms with E-state index in [9.17, 15) is 9.59 Å². The first-order valence-electron chi connectivity index (χ1n) is 8.51. The summed E-state index contributed by atoms with van der Waals surface area (Å²) in [7, 11) is 1.75. The van der Waals surface area contributed by atoms with E-state index in [2.05, 4.69) is 26.6 Å². The highest BCUT2D eigenvalue weighted by molar-refractivity contribution is 9.10. The highest BCUT2D eigenvalue weighted by Crippen LogP contribution is 2.20. The summed E-state index contributed by atoms with van der Waals surface area (Å²) < 4.78 is 0.942. The Bertz CT molecular complexity index is 792. The molecule has 0 aliphatic heterocycles. The lowest BCUT2D eigenvalue weighted by Gasteiger charge is -2.17. The average Bonchev–Trinajstić information content (AvgIpc) is 2.58. The van der Waals surface area contributed by atoms with Gasteiger partial charge in [0.25, 0.3) is 0 Å². The number of anilines is 2. The van der Waals surface area contributed by atoms with Crippen molar-refractivity contribution >= 4 is 39.1 Å². The van der Waals surface area contributed by atoms with Gasteiger partial charge < -0.3 is 10.6 Å². The van der Waals surface area contributed by atoms with E-state index in [0.29, 0.717) is 0 Å². The summed E-state index contributed by atoms with van der Waals surface area (Å²) in [4.78, 5) is 26.1. The maximum absolute atomic E-state index is 12.2. The maximum Gasteiger partial charge on any atom is 0.238 e. The standard InChI is InChI=1S/C20H24BrN3O2/c1-4-15-7-5-6-8-18(15)23-20(26)13-24(3)12-19(25)22-16-10-9-14(2)17(21)11-16/h5-11H,4,12-13H2,1-3H3,(H,22,25)(H,23,26). The summed E-state index contributed by atoms with van der Waals surface area (Å²) in [5.74, 6) is -0.302. The van der Waals surface area contributed by atoms with Crippen LogP contribution in [0.15, 0.2) is 46.9 Å². The number of hydrogen-bond donors (Lipinski definition) is 2. The van der Waals surface area contributed by atoms with Gasteiger partial charge in [-0.15, -0.1) is 0 Å². The molecule has 0 fully saturated rings. The third-order valence-electron chi connectivity index (χ3n) is 3.95. The highest BCUT2D eigenvalue weighted by Gasteiger charge is 2.12. The Morgan fingerprint density at radius 3 is 2.35 bits per heavy atom. The van der Waals surface area contributed by atoms with Crippen molar-refractivity contribution in [3.05, 3.63) is 58.1 Å². The molecule has 26 heavy (non-hydrogen) atoms. The molecule has 0 aliphatic carbocycles. The first kappa shape index (κ1) is 20.1. The molecule has 5 nitrogen and oxygen atoms in total. The van der Waals surface area contributed by atoms with Crippen molar-refractivity contribution in [3.8, 4) is 0 Å². The second-order valence-electron chi connectivity index (χ2n) is 6.24. The SMILES string of the molecule is CCc1ccccc1NC(=O)CN(C)CC(=O)Nc1ccc(C)c(Br)c1. The molecule has 138 valence electrons. The first-order chi connectivity index (χ1) is 12.4. The van der Waals surface area contributed by atoms with Crippen molar-refractivity contribution in [3.63, 3.8) is 0 Å². The number of carbonyl (C=O) groups excluding carboxylic acids is 2. The minimum absolute atomic E-state index is 0.133. The van der Waals surface area contributed by atoms with Crippen molar-refractivity contribution in [2.45, 2.75) is 20.3 Å². The number of para-hydroxylation sites is 1. The van der Waals surface area contributed by atoms with Crippen molar-refractivity contribution < 1.29 is 9.59 Å².